The highest BCUT2D eigenvalue weighted by molar-refractivity contribution is 5.87. The van der Waals surface area contributed by atoms with Crippen molar-refractivity contribution < 1.29 is 19.1 Å². The van der Waals surface area contributed by atoms with E-state index in [9.17, 15) is 14.4 Å². The van der Waals surface area contributed by atoms with Crippen molar-refractivity contribution in [3.05, 3.63) is 12.7 Å². The van der Waals surface area contributed by atoms with Crippen LogP contribution in [0.5, 0.6) is 0 Å². The van der Waals surface area contributed by atoms with Crippen LogP contribution in [0.25, 0.3) is 0 Å². The van der Waals surface area contributed by atoms with Crippen molar-refractivity contribution in [3.8, 4) is 0 Å². The van der Waals surface area contributed by atoms with Gasteiger partial charge in [-0.25, -0.2) is 4.79 Å². The lowest BCUT2D eigenvalue weighted by atomic mass is 10.0. The van der Waals surface area contributed by atoms with Gasteiger partial charge in [-0.05, 0) is 18.4 Å². The Bertz CT molecular complexity index is 550. The maximum absolute atomic E-state index is 12.7. The van der Waals surface area contributed by atoms with Crippen molar-refractivity contribution >= 4 is 17.8 Å². The zero-order valence-corrected chi connectivity index (χ0v) is 14.5. The lowest BCUT2D eigenvalue weighted by molar-refractivity contribution is -0.126. The molecule has 8 heteroatoms. The molecule has 2 fully saturated rings. The molecule has 0 aromatic heterocycles. The number of primary amides is 1. The zero-order chi connectivity index (χ0) is 18.1. The molecule has 0 aliphatic carbocycles. The summed E-state index contributed by atoms with van der Waals surface area (Å²) in [6.07, 6.45) is 1.91. The molecule has 24 heavy (non-hydrogen) atoms. The number of urea groups is 1. The van der Waals surface area contributed by atoms with E-state index in [0.717, 1.165) is 0 Å². The maximum Gasteiger partial charge on any atom is 0.320 e. The van der Waals surface area contributed by atoms with E-state index in [2.05, 4.69) is 6.58 Å². The van der Waals surface area contributed by atoms with Crippen molar-refractivity contribution in [3.63, 3.8) is 0 Å². The summed E-state index contributed by atoms with van der Waals surface area (Å²) in [5.74, 6) is -0.770. The number of likely N-dealkylation sites (N-methyl/N-ethyl adjacent to an activating group) is 1. The third-order valence-corrected chi connectivity index (χ3v) is 4.72. The molecule has 0 radical (unpaired) electrons. The molecular weight excluding hydrogens is 312 g/mol. The van der Waals surface area contributed by atoms with Crippen LogP contribution in [0, 0.1) is 5.92 Å². The van der Waals surface area contributed by atoms with Crippen molar-refractivity contribution in [2.24, 2.45) is 11.7 Å². The summed E-state index contributed by atoms with van der Waals surface area (Å²) < 4.78 is 5.81. The third kappa shape index (κ3) is 3.38. The highest BCUT2D eigenvalue weighted by Crippen LogP contribution is 2.32. The highest BCUT2D eigenvalue weighted by atomic mass is 16.5. The number of carbonyl (C=O) groups is 3. The topological polar surface area (TPSA) is 96.2 Å². The van der Waals surface area contributed by atoms with Gasteiger partial charge < -0.3 is 25.2 Å². The smallest absolute Gasteiger partial charge is 0.320 e. The Morgan fingerprint density at radius 2 is 1.92 bits per heavy atom. The summed E-state index contributed by atoms with van der Waals surface area (Å²) in [4.78, 5) is 40.7. The molecule has 0 aromatic rings. The Balaban J connectivity index is 2.03. The average Bonchev–Trinajstić information content (AvgIpc) is 3.12. The minimum absolute atomic E-state index is 0.0727. The van der Waals surface area contributed by atoms with Gasteiger partial charge in [0, 0.05) is 13.6 Å². The molecule has 8 nitrogen and oxygen atoms in total. The molecule has 2 rings (SSSR count). The van der Waals surface area contributed by atoms with Gasteiger partial charge >= 0.3 is 6.03 Å². The van der Waals surface area contributed by atoms with Crippen LogP contribution in [0.15, 0.2) is 12.7 Å². The number of nitrogens with zero attached hydrogens (tertiary/aromatic N) is 3. The molecule has 134 valence electrons. The minimum Gasteiger partial charge on any atom is -0.368 e. The van der Waals surface area contributed by atoms with Gasteiger partial charge in [-0.1, -0.05) is 20.4 Å². The first-order chi connectivity index (χ1) is 11.2. The molecule has 2 heterocycles. The van der Waals surface area contributed by atoms with Crippen molar-refractivity contribution in [2.45, 2.75) is 31.9 Å². The number of rotatable bonds is 4. The summed E-state index contributed by atoms with van der Waals surface area (Å²) in [6.45, 7) is 8.73. The third-order valence-electron chi connectivity index (χ3n) is 4.72. The number of ether oxygens (including phenoxy) is 1. The molecule has 2 aliphatic heterocycles. The van der Waals surface area contributed by atoms with E-state index in [0.29, 0.717) is 26.1 Å². The van der Waals surface area contributed by atoms with Gasteiger partial charge in [0.15, 0.2) is 0 Å². The number of hydrogen-bond donors (Lipinski definition) is 1. The summed E-state index contributed by atoms with van der Waals surface area (Å²) in [7, 11) is 1.59. The largest absolute Gasteiger partial charge is 0.368 e. The van der Waals surface area contributed by atoms with Crippen LogP contribution in [0.1, 0.15) is 20.3 Å². The van der Waals surface area contributed by atoms with Crippen LogP contribution in [-0.4, -0.2) is 77.6 Å². The Labute approximate surface area is 142 Å². The van der Waals surface area contributed by atoms with E-state index in [1.165, 1.54) is 11.0 Å². The average molecular weight is 338 g/mol. The van der Waals surface area contributed by atoms with E-state index in [1.54, 1.807) is 16.8 Å². The molecule has 4 amide bonds. The first-order valence-electron chi connectivity index (χ1n) is 8.07. The SMILES string of the molecule is C=CC(=O)N1CO[C@]2(CCN(C(=O)N(C)C(C(N)=O)C(C)C)C2)C1. The number of likely N-dealkylation sites (tertiary alicyclic amines) is 1. The molecule has 1 unspecified atom stereocenters. The fourth-order valence-electron chi connectivity index (χ4n) is 3.49. The first-order valence-corrected chi connectivity index (χ1v) is 8.07. The van der Waals surface area contributed by atoms with E-state index in [4.69, 9.17) is 10.5 Å². The Morgan fingerprint density at radius 3 is 2.46 bits per heavy atom. The van der Waals surface area contributed by atoms with E-state index >= 15 is 0 Å². The molecule has 2 atom stereocenters. The van der Waals surface area contributed by atoms with Crippen LogP contribution in [-0.2, 0) is 14.3 Å². The Kier molecular flexibility index (Phi) is 5.17. The van der Waals surface area contributed by atoms with Crippen LogP contribution in [0.4, 0.5) is 4.79 Å². The maximum atomic E-state index is 12.7. The van der Waals surface area contributed by atoms with Crippen molar-refractivity contribution in [1.82, 2.24) is 14.7 Å². The van der Waals surface area contributed by atoms with Gasteiger partial charge in [0.2, 0.25) is 11.8 Å². The Hall–Kier alpha value is -2.09. The first kappa shape index (κ1) is 18.3. The number of nitrogens with two attached hydrogens (primary N) is 1. The molecule has 0 bridgehead atoms. The van der Waals surface area contributed by atoms with Crippen LogP contribution >= 0.6 is 0 Å². The summed E-state index contributed by atoms with van der Waals surface area (Å²) >= 11 is 0. The standard InChI is InChI=1S/C16H26N4O4/c1-5-12(21)20-9-16(24-10-20)6-7-19(8-16)15(23)18(4)13(11(2)3)14(17)22/h5,11,13H,1,6-10H2,2-4H3,(H2,17,22)/t13?,16-/m0/s1. The van der Waals surface area contributed by atoms with Gasteiger partial charge in [0.1, 0.15) is 18.4 Å². The fourth-order valence-corrected chi connectivity index (χ4v) is 3.49. The van der Waals surface area contributed by atoms with Crippen LogP contribution < -0.4 is 5.73 Å². The second kappa shape index (κ2) is 6.80. The molecular formula is C16H26N4O4. The number of hydrogen-bond acceptors (Lipinski definition) is 4. The summed E-state index contributed by atoms with van der Waals surface area (Å²) in [5, 5.41) is 0. The number of carbonyl (C=O) groups excluding carboxylic acids is 3. The Morgan fingerprint density at radius 1 is 1.29 bits per heavy atom. The zero-order valence-electron chi connectivity index (χ0n) is 14.5. The lowest BCUT2D eigenvalue weighted by Gasteiger charge is -2.32. The van der Waals surface area contributed by atoms with Gasteiger partial charge in [-0.15, -0.1) is 0 Å². The van der Waals surface area contributed by atoms with Gasteiger partial charge in [0.25, 0.3) is 0 Å². The normalized spacial score (nSPS) is 24.5. The second-order valence-corrected chi connectivity index (χ2v) is 6.85. The van der Waals surface area contributed by atoms with E-state index in [-0.39, 0.29) is 24.6 Å². The van der Waals surface area contributed by atoms with E-state index in [1.807, 2.05) is 13.8 Å². The summed E-state index contributed by atoms with van der Waals surface area (Å²) in [6, 6.07) is -0.904. The predicted molar refractivity (Wildman–Crippen MR) is 87.8 cm³/mol. The second-order valence-electron chi connectivity index (χ2n) is 6.85. The van der Waals surface area contributed by atoms with Crippen molar-refractivity contribution in [1.29, 1.82) is 0 Å². The molecule has 2 saturated heterocycles. The van der Waals surface area contributed by atoms with E-state index < -0.39 is 17.6 Å². The van der Waals surface area contributed by atoms with Crippen molar-refractivity contribution in [2.75, 3.05) is 33.4 Å². The number of amides is 4. The fraction of sp³-hybridized carbons (Fsp3) is 0.688. The summed E-state index contributed by atoms with van der Waals surface area (Å²) in [5.41, 5.74) is 4.90. The molecule has 2 N–H and O–H groups in total. The van der Waals surface area contributed by atoms with Gasteiger partial charge in [-0.3, -0.25) is 9.59 Å². The molecule has 1 spiro atoms. The lowest BCUT2D eigenvalue weighted by Crippen LogP contribution is -2.53. The minimum atomic E-state index is -0.655. The predicted octanol–water partition coefficient (Wildman–Crippen LogP) is -0.00510. The van der Waals surface area contributed by atoms with Crippen LogP contribution in [0.3, 0.4) is 0 Å². The molecule has 0 saturated carbocycles. The van der Waals surface area contributed by atoms with Crippen LogP contribution in [0.2, 0.25) is 0 Å². The van der Waals surface area contributed by atoms with Gasteiger partial charge in [-0.2, -0.15) is 0 Å². The highest BCUT2D eigenvalue weighted by Gasteiger charge is 2.48. The molecule has 2 aliphatic rings. The quantitative estimate of drug-likeness (QED) is 0.730. The molecule has 0 aromatic carbocycles. The monoisotopic (exact) mass is 338 g/mol. The van der Waals surface area contributed by atoms with Gasteiger partial charge in [0.05, 0.1) is 13.1 Å².